The van der Waals surface area contributed by atoms with Crippen LogP contribution in [0.4, 0.5) is 5.82 Å². The quantitative estimate of drug-likeness (QED) is 0.698. The molecule has 0 saturated heterocycles. The molecule has 18 heavy (non-hydrogen) atoms. The van der Waals surface area contributed by atoms with Crippen molar-refractivity contribution in [3.8, 4) is 11.8 Å². The fourth-order valence-corrected chi connectivity index (χ4v) is 1.84. The van der Waals surface area contributed by atoms with Gasteiger partial charge in [0.2, 0.25) is 0 Å². The molecule has 0 fully saturated rings. The summed E-state index contributed by atoms with van der Waals surface area (Å²) in [6, 6.07) is 13.2. The van der Waals surface area contributed by atoms with Gasteiger partial charge in [-0.2, -0.15) is 10.4 Å². The molecule has 3 aromatic rings. The van der Waals surface area contributed by atoms with Crippen LogP contribution < -0.4 is 5.73 Å². The Morgan fingerprint density at radius 2 is 2.00 bits per heavy atom. The lowest BCUT2D eigenvalue weighted by Gasteiger charge is -2.02. The molecule has 86 valence electrons. The summed E-state index contributed by atoms with van der Waals surface area (Å²) in [6.07, 6.45) is 1.56. The van der Waals surface area contributed by atoms with Gasteiger partial charge in [0.25, 0.3) is 0 Å². The zero-order valence-electron chi connectivity index (χ0n) is 9.41. The maximum atomic E-state index is 8.83. The van der Waals surface area contributed by atoms with Gasteiger partial charge in [-0.25, -0.2) is 9.67 Å². The van der Waals surface area contributed by atoms with Crippen molar-refractivity contribution in [2.75, 3.05) is 5.73 Å². The smallest absolute Gasteiger partial charge is 0.141 e. The van der Waals surface area contributed by atoms with Crippen molar-refractivity contribution in [3.05, 3.63) is 48.3 Å². The van der Waals surface area contributed by atoms with E-state index in [0.29, 0.717) is 17.0 Å². The fourth-order valence-electron chi connectivity index (χ4n) is 1.84. The van der Waals surface area contributed by atoms with Crippen LogP contribution in [0.5, 0.6) is 0 Å². The molecule has 0 unspecified atom stereocenters. The number of benzene rings is 1. The second-order valence-electron chi connectivity index (χ2n) is 3.83. The highest BCUT2D eigenvalue weighted by molar-refractivity contribution is 5.89. The summed E-state index contributed by atoms with van der Waals surface area (Å²) in [6.45, 7) is 0. The number of nitriles is 1. The number of hydrogen-bond acceptors (Lipinski definition) is 4. The van der Waals surface area contributed by atoms with Gasteiger partial charge in [0.15, 0.2) is 0 Å². The number of para-hydroxylation sites is 1. The highest BCUT2D eigenvalue weighted by atomic mass is 15.3. The number of hydrogen-bond donors (Lipinski definition) is 1. The molecule has 0 aliphatic rings. The summed E-state index contributed by atoms with van der Waals surface area (Å²) >= 11 is 0. The number of pyridine rings is 1. The van der Waals surface area contributed by atoms with E-state index in [0.717, 1.165) is 11.1 Å². The molecular formula is C13H9N5. The van der Waals surface area contributed by atoms with Crippen molar-refractivity contribution >= 4 is 16.7 Å². The lowest BCUT2D eigenvalue weighted by atomic mass is 10.2. The minimum Gasteiger partial charge on any atom is -0.383 e. The zero-order valence-corrected chi connectivity index (χ0v) is 9.41. The molecule has 2 heterocycles. The predicted molar refractivity (Wildman–Crippen MR) is 68.0 cm³/mol. The Labute approximate surface area is 103 Å². The normalized spacial score (nSPS) is 10.4. The molecule has 2 N–H and O–H groups in total. The van der Waals surface area contributed by atoms with Gasteiger partial charge in [0, 0.05) is 5.39 Å². The first-order chi connectivity index (χ1) is 8.79. The van der Waals surface area contributed by atoms with Gasteiger partial charge < -0.3 is 5.73 Å². The predicted octanol–water partition coefficient (Wildman–Crippen LogP) is 1.87. The third-order valence-corrected chi connectivity index (χ3v) is 2.71. The molecule has 0 radical (unpaired) electrons. The van der Waals surface area contributed by atoms with Crippen LogP contribution >= 0.6 is 0 Å². The van der Waals surface area contributed by atoms with Gasteiger partial charge in [0.1, 0.15) is 23.1 Å². The second-order valence-corrected chi connectivity index (χ2v) is 3.83. The van der Waals surface area contributed by atoms with E-state index in [2.05, 4.69) is 10.1 Å². The van der Waals surface area contributed by atoms with E-state index in [1.165, 1.54) is 0 Å². The molecule has 1 aromatic carbocycles. The van der Waals surface area contributed by atoms with E-state index in [1.807, 2.05) is 36.4 Å². The highest BCUT2D eigenvalue weighted by Gasteiger charge is 2.10. The molecule has 3 rings (SSSR count). The second kappa shape index (κ2) is 3.86. The minimum atomic E-state index is 0.335. The number of nitrogens with zero attached hydrogens (tertiary/aromatic N) is 4. The van der Waals surface area contributed by atoms with Crippen molar-refractivity contribution in [2.24, 2.45) is 0 Å². The summed E-state index contributed by atoms with van der Waals surface area (Å²) in [5, 5.41) is 14.0. The van der Waals surface area contributed by atoms with Crippen LogP contribution in [-0.2, 0) is 0 Å². The summed E-state index contributed by atoms with van der Waals surface area (Å²) in [5.41, 5.74) is 7.95. The number of rotatable bonds is 1. The van der Waals surface area contributed by atoms with Crippen LogP contribution in [0.1, 0.15) is 5.69 Å². The van der Waals surface area contributed by atoms with Gasteiger partial charge in [0.05, 0.1) is 11.9 Å². The van der Waals surface area contributed by atoms with E-state index in [1.54, 1.807) is 16.9 Å². The molecule has 0 spiro atoms. The van der Waals surface area contributed by atoms with Gasteiger partial charge in [-0.05, 0) is 18.2 Å². The first kappa shape index (κ1) is 10.3. The zero-order chi connectivity index (χ0) is 12.5. The summed E-state index contributed by atoms with van der Waals surface area (Å²) in [4.78, 5) is 3.98. The first-order valence-corrected chi connectivity index (χ1v) is 5.39. The van der Waals surface area contributed by atoms with Crippen LogP contribution in [0.25, 0.3) is 16.6 Å². The van der Waals surface area contributed by atoms with Crippen molar-refractivity contribution in [1.29, 1.82) is 5.26 Å². The molecule has 0 saturated carbocycles. The van der Waals surface area contributed by atoms with Gasteiger partial charge in [-0.15, -0.1) is 0 Å². The molecule has 0 aliphatic carbocycles. The Kier molecular flexibility index (Phi) is 2.21. The minimum absolute atomic E-state index is 0.335. The van der Waals surface area contributed by atoms with Crippen LogP contribution in [0.3, 0.4) is 0 Å². The monoisotopic (exact) mass is 235 g/mol. The molecule has 2 aromatic heterocycles. The van der Waals surface area contributed by atoms with Crippen molar-refractivity contribution in [3.63, 3.8) is 0 Å². The maximum absolute atomic E-state index is 8.83. The standard InChI is InChI=1S/C13H9N5/c14-7-9-6-11-12(8-16-9)17-18(13(11)15)10-4-2-1-3-5-10/h1-6,8H,15H2. The van der Waals surface area contributed by atoms with Crippen LogP contribution in [0, 0.1) is 11.3 Å². The van der Waals surface area contributed by atoms with E-state index in [4.69, 9.17) is 11.0 Å². The van der Waals surface area contributed by atoms with Crippen molar-refractivity contribution in [2.45, 2.75) is 0 Å². The third kappa shape index (κ3) is 1.48. The average Bonchev–Trinajstić information content (AvgIpc) is 2.77. The van der Waals surface area contributed by atoms with Crippen molar-refractivity contribution in [1.82, 2.24) is 14.8 Å². The Balaban J connectivity index is 2.27. The molecule has 5 nitrogen and oxygen atoms in total. The van der Waals surface area contributed by atoms with E-state index in [-0.39, 0.29) is 0 Å². The molecule has 5 heteroatoms. The molecule has 0 atom stereocenters. The number of anilines is 1. The number of fused-ring (bicyclic) bond motifs is 1. The topological polar surface area (TPSA) is 80.5 Å². The Morgan fingerprint density at radius 3 is 2.72 bits per heavy atom. The average molecular weight is 235 g/mol. The summed E-state index contributed by atoms with van der Waals surface area (Å²) in [5.74, 6) is 0.509. The molecule has 0 bridgehead atoms. The first-order valence-electron chi connectivity index (χ1n) is 5.39. The van der Waals surface area contributed by atoms with Gasteiger partial charge in [-0.3, -0.25) is 0 Å². The van der Waals surface area contributed by atoms with Gasteiger partial charge >= 0.3 is 0 Å². The fraction of sp³-hybridized carbons (Fsp3) is 0. The lowest BCUT2D eigenvalue weighted by Crippen LogP contribution is -2.01. The Bertz CT molecular complexity index is 752. The van der Waals surface area contributed by atoms with E-state index >= 15 is 0 Å². The highest BCUT2D eigenvalue weighted by Crippen LogP contribution is 2.23. The lowest BCUT2D eigenvalue weighted by molar-refractivity contribution is 0.906. The summed E-state index contributed by atoms with van der Waals surface area (Å²) in [7, 11) is 0. The van der Waals surface area contributed by atoms with Crippen LogP contribution in [0.15, 0.2) is 42.6 Å². The van der Waals surface area contributed by atoms with Crippen LogP contribution in [0.2, 0.25) is 0 Å². The maximum Gasteiger partial charge on any atom is 0.141 e. The Hall–Kier alpha value is -2.87. The molecule has 0 aliphatic heterocycles. The summed E-state index contributed by atoms with van der Waals surface area (Å²) < 4.78 is 1.65. The Morgan fingerprint density at radius 1 is 1.22 bits per heavy atom. The molecule has 0 amide bonds. The largest absolute Gasteiger partial charge is 0.383 e. The third-order valence-electron chi connectivity index (χ3n) is 2.71. The van der Waals surface area contributed by atoms with E-state index < -0.39 is 0 Å². The number of nitrogens with two attached hydrogens (primary N) is 1. The SMILES string of the molecule is N#Cc1cc2c(N)n(-c3ccccc3)nc2cn1. The van der Waals surface area contributed by atoms with Crippen LogP contribution in [-0.4, -0.2) is 14.8 Å². The molecular weight excluding hydrogens is 226 g/mol. The van der Waals surface area contributed by atoms with Gasteiger partial charge in [-0.1, -0.05) is 18.2 Å². The van der Waals surface area contributed by atoms with E-state index in [9.17, 15) is 0 Å². The number of nitrogen functional groups attached to an aromatic ring is 1. The number of aromatic nitrogens is 3. The van der Waals surface area contributed by atoms with Crippen molar-refractivity contribution < 1.29 is 0 Å².